The van der Waals surface area contributed by atoms with E-state index in [0.717, 1.165) is 16.9 Å². The number of rotatable bonds is 1. The summed E-state index contributed by atoms with van der Waals surface area (Å²) in [7, 11) is 0. The molecule has 2 heterocycles. The maximum Gasteiger partial charge on any atom is 0.129 e. The SMILES string of the molecule is OCc1cc2c(cc1Cl)OCc1sccc1-2. The van der Waals surface area contributed by atoms with Crippen molar-refractivity contribution in [3.05, 3.63) is 39.0 Å². The van der Waals surface area contributed by atoms with Crippen molar-refractivity contribution in [2.24, 2.45) is 0 Å². The van der Waals surface area contributed by atoms with Crippen LogP contribution in [0.25, 0.3) is 11.1 Å². The zero-order valence-electron chi connectivity index (χ0n) is 8.37. The lowest BCUT2D eigenvalue weighted by Crippen LogP contribution is -2.03. The minimum atomic E-state index is -0.0500. The van der Waals surface area contributed by atoms with Gasteiger partial charge in [0, 0.05) is 21.0 Å². The predicted molar refractivity (Wildman–Crippen MR) is 65.0 cm³/mol. The lowest BCUT2D eigenvalue weighted by atomic mass is 10.0. The van der Waals surface area contributed by atoms with Crippen LogP contribution in [0.15, 0.2) is 23.6 Å². The van der Waals surface area contributed by atoms with Crippen molar-refractivity contribution in [2.45, 2.75) is 13.2 Å². The zero-order valence-corrected chi connectivity index (χ0v) is 9.94. The Morgan fingerprint density at radius 1 is 1.38 bits per heavy atom. The van der Waals surface area contributed by atoms with Gasteiger partial charge in [0.05, 0.1) is 6.61 Å². The van der Waals surface area contributed by atoms with Crippen LogP contribution in [0.1, 0.15) is 10.4 Å². The van der Waals surface area contributed by atoms with Crippen molar-refractivity contribution in [1.29, 1.82) is 0 Å². The molecule has 4 heteroatoms. The fraction of sp³-hybridized carbons (Fsp3) is 0.167. The molecule has 0 radical (unpaired) electrons. The van der Waals surface area contributed by atoms with Gasteiger partial charge in [-0.05, 0) is 29.1 Å². The van der Waals surface area contributed by atoms with Crippen molar-refractivity contribution >= 4 is 22.9 Å². The molecule has 0 amide bonds. The molecule has 0 spiro atoms. The van der Waals surface area contributed by atoms with E-state index in [1.54, 1.807) is 17.4 Å². The van der Waals surface area contributed by atoms with Crippen LogP contribution in [-0.2, 0) is 13.2 Å². The average molecular weight is 253 g/mol. The van der Waals surface area contributed by atoms with Crippen molar-refractivity contribution in [3.8, 4) is 16.9 Å². The molecule has 0 saturated carbocycles. The summed E-state index contributed by atoms with van der Waals surface area (Å²) in [4.78, 5) is 1.22. The summed E-state index contributed by atoms with van der Waals surface area (Å²) < 4.78 is 5.63. The molecule has 1 N–H and O–H groups in total. The molecule has 0 unspecified atom stereocenters. The van der Waals surface area contributed by atoms with Gasteiger partial charge < -0.3 is 9.84 Å². The number of thiophene rings is 1. The number of hydrogen-bond acceptors (Lipinski definition) is 3. The van der Waals surface area contributed by atoms with Gasteiger partial charge in [-0.25, -0.2) is 0 Å². The largest absolute Gasteiger partial charge is 0.487 e. The highest BCUT2D eigenvalue weighted by atomic mass is 35.5. The lowest BCUT2D eigenvalue weighted by molar-refractivity contribution is 0.281. The third kappa shape index (κ3) is 1.44. The molecule has 0 saturated heterocycles. The summed E-state index contributed by atoms with van der Waals surface area (Å²) in [6, 6.07) is 5.77. The monoisotopic (exact) mass is 252 g/mol. The smallest absolute Gasteiger partial charge is 0.129 e. The first-order chi connectivity index (χ1) is 7.79. The first-order valence-corrected chi connectivity index (χ1v) is 6.18. The van der Waals surface area contributed by atoms with Crippen LogP contribution < -0.4 is 4.74 Å². The summed E-state index contributed by atoms with van der Waals surface area (Å²) in [5.74, 6) is 0.799. The summed E-state index contributed by atoms with van der Waals surface area (Å²) >= 11 is 7.71. The molecule has 1 aliphatic heterocycles. The summed E-state index contributed by atoms with van der Waals surface area (Å²) in [6.07, 6.45) is 0. The van der Waals surface area contributed by atoms with Crippen LogP contribution in [-0.4, -0.2) is 5.11 Å². The molecule has 0 bridgehead atoms. The van der Waals surface area contributed by atoms with E-state index in [2.05, 4.69) is 11.4 Å². The Morgan fingerprint density at radius 3 is 3.06 bits per heavy atom. The Hall–Kier alpha value is -1.03. The van der Waals surface area contributed by atoms with E-state index in [1.165, 1.54) is 10.4 Å². The van der Waals surface area contributed by atoms with E-state index < -0.39 is 0 Å². The maximum absolute atomic E-state index is 9.20. The molecule has 82 valence electrons. The second-order valence-corrected chi connectivity index (χ2v) is 5.05. The molecule has 0 atom stereocenters. The van der Waals surface area contributed by atoms with E-state index in [0.29, 0.717) is 11.6 Å². The van der Waals surface area contributed by atoms with Crippen LogP contribution in [0.3, 0.4) is 0 Å². The highest BCUT2D eigenvalue weighted by Gasteiger charge is 2.19. The third-order valence-electron chi connectivity index (χ3n) is 2.71. The van der Waals surface area contributed by atoms with Gasteiger partial charge in [-0.2, -0.15) is 0 Å². The first kappa shape index (κ1) is 10.1. The molecule has 16 heavy (non-hydrogen) atoms. The van der Waals surface area contributed by atoms with E-state index >= 15 is 0 Å². The fourth-order valence-corrected chi connectivity index (χ4v) is 2.90. The van der Waals surface area contributed by atoms with Crippen molar-refractivity contribution in [1.82, 2.24) is 0 Å². The second kappa shape index (κ2) is 3.77. The minimum absolute atomic E-state index is 0.0500. The Labute approximate surface area is 102 Å². The topological polar surface area (TPSA) is 29.5 Å². The standard InChI is InChI=1S/C12H9ClO2S/c13-10-4-11-9(3-7(10)5-14)8-1-2-16-12(8)6-15-11/h1-4,14H,5-6H2. The molecular weight excluding hydrogens is 244 g/mol. The lowest BCUT2D eigenvalue weighted by Gasteiger charge is -2.19. The fourth-order valence-electron chi connectivity index (χ4n) is 1.89. The van der Waals surface area contributed by atoms with Crippen LogP contribution in [0, 0.1) is 0 Å². The molecular formula is C12H9ClO2S. The van der Waals surface area contributed by atoms with E-state index in [4.69, 9.17) is 16.3 Å². The number of benzene rings is 1. The quantitative estimate of drug-likeness (QED) is 0.842. The highest BCUT2D eigenvalue weighted by Crippen LogP contribution is 2.42. The van der Waals surface area contributed by atoms with Gasteiger partial charge in [0.15, 0.2) is 0 Å². The van der Waals surface area contributed by atoms with Crippen molar-refractivity contribution in [2.75, 3.05) is 0 Å². The number of aliphatic hydroxyl groups is 1. The number of fused-ring (bicyclic) bond motifs is 3. The number of aliphatic hydroxyl groups excluding tert-OH is 1. The Morgan fingerprint density at radius 2 is 2.25 bits per heavy atom. The number of hydrogen-bond donors (Lipinski definition) is 1. The van der Waals surface area contributed by atoms with Crippen LogP contribution >= 0.6 is 22.9 Å². The van der Waals surface area contributed by atoms with Gasteiger partial charge in [0.2, 0.25) is 0 Å². The average Bonchev–Trinajstić information content (AvgIpc) is 2.76. The molecule has 1 aromatic heterocycles. The van der Waals surface area contributed by atoms with E-state index in [9.17, 15) is 5.11 Å². The zero-order chi connectivity index (χ0) is 11.1. The molecule has 0 aliphatic carbocycles. The van der Waals surface area contributed by atoms with E-state index in [-0.39, 0.29) is 6.61 Å². The van der Waals surface area contributed by atoms with Crippen molar-refractivity contribution in [3.63, 3.8) is 0 Å². The van der Waals surface area contributed by atoms with Crippen LogP contribution in [0.4, 0.5) is 0 Å². The molecule has 0 fully saturated rings. The minimum Gasteiger partial charge on any atom is -0.487 e. The maximum atomic E-state index is 9.20. The van der Waals surface area contributed by atoms with Gasteiger partial charge >= 0.3 is 0 Å². The van der Waals surface area contributed by atoms with Gasteiger partial charge in [0.1, 0.15) is 12.4 Å². The normalized spacial score (nSPS) is 12.9. The molecule has 2 nitrogen and oxygen atoms in total. The Bertz CT molecular complexity index is 548. The highest BCUT2D eigenvalue weighted by molar-refractivity contribution is 7.10. The summed E-state index contributed by atoms with van der Waals surface area (Å²) in [5.41, 5.74) is 2.96. The summed E-state index contributed by atoms with van der Waals surface area (Å²) in [5, 5.41) is 11.8. The van der Waals surface area contributed by atoms with Crippen LogP contribution in [0.5, 0.6) is 5.75 Å². The third-order valence-corrected chi connectivity index (χ3v) is 3.96. The van der Waals surface area contributed by atoms with Gasteiger partial charge in [-0.15, -0.1) is 11.3 Å². The Kier molecular flexibility index (Phi) is 2.39. The number of ether oxygens (including phenoxy) is 1. The van der Waals surface area contributed by atoms with Gasteiger partial charge in [-0.3, -0.25) is 0 Å². The Balaban J connectivity index is 2.24. The van der Waals surface area contributed by atoms with Gasteiger partial charge in [-0.1, -0.05) is 11.6 Å². The van der Waals surface area contributed by atoms with Crippen molar-refractivity contribution < 1.29 is 9.84 Å². The summed E-state index contributed by atoms with van der Waals surface area (Å²) in [6.45, 7) is 0.556. The first-order valence-electron chi connectivity index (χ1n) is 4.92. The molecule has 1 aliphatic rings. The molecule has 2 aromatic rings. The van der Waals surface area contributed by atoms with Gasteiger partial charge in [0.25, 0.3) is 0 Å². The predicted octanol–water partition coefficient (Wildman–Crippen LogP) is 3.45. The number of halogens is 1. The molecule has 1 aromatic carbocycles. The van der Waals surface area contributed by atoms with E-state index in [1.807, 2.05) is 6.07 Å². The second-order valence-electron chi connectivity index (χ2n) is 3.64. The van der Waals surface area contributed by atoms with Crippen LogP contribution in [0.2, 0.25) is 5.02 Å². The molecule has 3 rings (SSSR count).